The maximum absolute atomic E-state index is 13.3. The largest absolute Gasteiger partial charge is 0.416 e. The molecule has 0 unspecified atom stereocenters. The Labute approximate surface area is 245 Å². The molecule has 1 heterocycles. The molecule has 0 atom stereocenters. The van der Waals surface area contributed by atoms with E-state index >= 15 is 0 Å². The number of alkyl halides is 9. The smallest absolute Gasteiger partial charge is 0.294 e. The predicted molar refractivity (Wildman–Crippen MR) is 140 cm³/mol. The lowest BCUT2D eigenvalue weighted by Gasteiger charge is -2.25. The average Bonchev–Trinajstić information content (AvgIpc) is 3.29. The molecule has 44 heavy (non-hydrogen) atoms. The molecule has 0 aliphatic carbocycles. The van der Waals surface area contributed by atoms with Gasteiger partial charge in [-0.25, -0.2) is 16.8 Å². The van der Waals surface area contributed by atoms with Crippen molar-refractivity contribution in [1.82, 2.24) is 9.19 Å². The van der Waals surface area contributed by atoms with E-state index in [2.05, 4.69) is 5.10 Å². The van der Waals surface area contributed by atoms with Crippen LogP contribution in [0.4, 0.5) is 45.2 Å². The van der Waals surface area contributed by atoms with E-state index in [1.807, 2.05) is 0 Å². The molecule has 0 aliphatic rings. The van der Waals surface area contributed by atoms with Crippen LogP contribution in [0.5, 0.6) is 0 Å². The summed E-state index contributed by atoms with van der Waals surface area (Å²) in [7, 11) is -10.7. The van der Waals surface area contributed by atoms with Crippen molar-refractivity contribution in [3.05, 3.63) is 71.4 Å². The van der Waals surface area contributed by atoms with Crippen molar-refractivity contribution in [3.8, 4) is 11.3 Å². The molecule has 3 rings (SSSR count). The van der Waals surface area contributed by atoms with Crippen LogP contribution in [0.25, 0.3) is 11.3 Å². The number of ketones is 1. The fraction of sp³-hybridized carbons (Fsp3) is 0.360. The van der Waals surface area contributed by atoms with Gasteiger partial charge in [0, 0.05) is 29.3 Å². The number of Topliss-reactive ketones (excluding diaryl/α,β-unsaturated/α-hetero) is 1. The monoisotopic (exact) mass is 679 g/mol. The third-order valence-electron chi connectivity index (χ3n) is 5.84. The van der Waals surface area contributed by atoms with Crippen LogP contribution in [0.15, 0.2) is 54.7 Å². The van der Waals surface area contributed by atoms with E-state index in [0.717, 1.165) is 36.4 Å². The second-order valence-corrected chi connectivity index (χ2v) is 13.1. The van der Waals surface area contributed by atoms with Gasteiger partial charge in [0.05, 0.1) is 23.5 Å². The lowest BCUT2D eigenvalue weighted by molar-refractivity contribution is -0.137. The molecule has 0 aliphatic heterocycles. The van der Waals surface area contributed by atoms with Crippen LogP contribution >= 0.6 is 0 Å². The summed E-state index contributed by atoms with van der Waals surface area (Å²) in [5.41, 5.74) is -3.01. The van der Waals surface area contributed by atoms with Crippen molar-refractivity contribution < 1.29 is 61.1 Å². The molecule has 0 N–H and O–H groups in total. The molecular weight excluding hydrogens is 657 g/mol. The van der Waals surface area contributed by atoms with Crippen LogP contribution in [-0.2, 0) is 32.8 Å². The van der Waals surface area contributed by atoms with Gasteiger partial charge in [-0.15, -0.1) is 0 Å². The van der Waals surface area contributed by atoms with Crippen molar-refractivity contribution in [2.24, 2.45) is 0 Å². The fourth-order valence-corrected chi connectivity index (χ4v) is 6.34. The zero-order valence-electron chi connectivity index (χ0n) is 22.3. The van der Waals surface area contributed by atoms with Gasteiger partial charge in [0.2, 0.25) is 10.0 Å². The minimum Gasteiger partial charge on any atom is -0.294 e. The van der Waals surface area contributed by atoms with Crippen LogP contribution in [-0.4, -0.2) is 55.7 Å². The number of benzene rings is 2. The summed E-state index contributed by atoms with van der Waals surface area (Å²) >= 11 is 0. The first-order valence-corrected chi connectivity index (χ1v) is 15.5. The summed E-state index contributed by atoms with van der Waals surface area (Å²) < 4.78 is 169. The van der Waals surface area contributed by atoms with E-state index in [9.17, 15) is 61.1 Å². The zero-order chi connectivity index (χ0) is 33.3. The molecule has 0 saturated carbocycles. The second-order valence-electron chi connectivity index (χ2n) is 9.42. The standard InChI is InChI=1S/C25H22F9N3O5S2/c1-2-3-21(38)16-6-10-20(11-7-16)36(43(39,40)14-23(26,27)28)12-18-13-37(44(41,42)15-24(29,30)31)35-22(18)17-4-8-19(9-5-17)25(32,33)34/h4-11,13H,2-3,12,14-15H2,1H3. The van der Waals surface area contributed by atoms with Gasteiger partial charge in [0.15, 0.2) is 17.3 Å². The third kappa shape index (κ3) is 8.96. The molecule has 0 bridgehead atoms. The summed E-state index contributed by atoms with van der Waals surface area (Å²) in [4.78, 5) is 12.2. The van der Waals surface area contributed by atoms with E-state index in [4.69, 9.17) is 0 Å². The van der Waals surface area contributed by atoms with E-state index in [-0.39, 0.29) is 31.7 Å². The molecule has 0 fully saturated rings. The molecule has 0 saturated heterocycles. The lowest BCUT2D eigenvalue weighted by Crippen LogP contribution is -2.37. The highest BCUT2D eigenvalue weighted by Crippen LogP contribution is 2.34. The fourth-order valence-electron chi connectivity index (χ4n) is 3.95. The van der Waals surface area contributed by atoms with E-state index in [1.165, 1.54) is 0 Å². The number of hydrogen-bond donors (Lipinski definition) is 0. The molecule has 242 valence electrons. The van der Waals surface area contributed by atoms with Crippen molar-refractivity contribution in [2.75, 3.05) is 15.8 Å². The predicted octanol–water partition coefficient (Wildman–Crippen LogP) is 6.19. The lowest BCUT2D eigenvalue weighted by atomic mass is 10.1. The number of carbonyl (C=O) groups is 1. The number of hydrogen-bond acceptors (Lipinski definition) is 6. The number of rotatable bonds is 11. The van der Waals surface area contributed by atoms with Gasteiger partial charge < -0.3 is 0 Å². The SMILES string of the molecule is CCCC(=O)c1ccc(N(Cc2cn(S(=O)(=O)CC(F)(F)F)nc2-c2ccc(C(F)(F)F)cc2)S(=O)(=O)CC(F)(F)F)cc1. The van der Waals surface area contributed by atoms with Crippen molar-refractivity contribution in [3.63, 3.8) is 0 Å². The van der Waals surface area contributed by atoms with Gasteiger partial charge in [-0.1, -0.05) is 19.1 Å². The van der Waals surface area contributed by atoms with Crippen molar-refractivity contribution in [1.29, 1.82) is 0 Å². The molecule has 8 nitrogen and oxygen atoms in total. The van der Waals surface area contributed by atoms with Crippen LogP contribution in [0.3, 0.4) is 0 Å². The highest BCUT2D eigenvalue weighted by atomic mass is 32.2. The summed E-state index contributed by atoms with van der Waals surface area (Å²) in [6, 6.07) is 6.89. The zero-order valence-corrected chi connectivity index (χ0v) is 24.0. The number of halogens is 9. The molecule has 0 amide bonds. The molecule has 2 aromatic carbocycles. The van der Waals surface area contributed by atoms with Crippen molar-refractivity contribution in [2.45, 2.75) is 44.8 Å². The Bertz CT molecular complexity index is 1700. The van der Waals surface area contributed by atoms with Crippen LogP contribution < -0.4 is 4.31 Å². The highest BCUT2D eigenvalue weighted by Gasteiger charge is 2.40. The van der Waals surface area contributed by atoms with Crippen LogP contribution in [0, 0.1) is 0 Å². The first-order valence-electron chi connectivity index (χ1n) is 12.3. The van der Waals surface area contributed by atoms with Gasteiger partial charge in [-0.2, -0.15) is 48.7 Å². The number of sulfonamides is 1. The van der Waals surface area contributed by atoms with Gasteiger partial charge in [0.1, 0.15) is 0 Å². The van der Waals surface area contributed by atoms with Crippen LogP contribution in [0.1, 0.15) is 41.3 Å². The first kappa shape index (κ1) is 34.9. The Morgan fingerprint density at radius 1 is 0.818 bits per heavy atom. The molecular formula is C25H22F9N3O5S2. The van der Waals surface area contributed by atoms with Gasteiger partial charge in [-0.3, -0.25) is 9.10 Å². The molecule has 0 spiro atoms. The van der Waals surface area contributed by atoms with E-state index < -0.39 is 79.1 Å². The topological polar surface area (TPSA) is 106 Å². The normalized spacial score (nSPS) is 13.2. The van der Waals surface area contributed by atoms with Gasteiger partial charge in [-0.05, 0) is 42.8 Å². The second kappa shape index (κ2) is 12.4. The summed E-state index contributed by atoms with van der Waals surface area (Å²) in [6.45, 7) is 0.569. The van der Waals surface area contributed by atoms with Gasteiger partial charge in [0.25, 0.3) is 10.0 Å². The van der Waals surface area contributed by atoms with Gasteiger partial charge >= 0.3 is 18.5 Å². The number of nitrogens with zero attached hydrogens (tertiary/aromatic N) is 3. The number of carbonyl (C=O) groups excluding carboxylic acids is 1. The number of aromatic nitrogens is 2. The Morgan fingerprint density at radius 3 is 1.84 bits per heavy atom. The Balaban J connectivity index is 2.21. The average molecular weight is 680 g/mol. The van der Waals surface area contributed by atoms with Crippen LogP contribution in [0.2, 0.25) is 0 Å². The molecule has 1 aromatic heterocycles. The highest BCUT2D eigenvalue weighted by molar-refractivity contribution is 7.92. The maximum Gasteiger partial charge on any atom is 0.416 e. The van der Waals surface area contributed by atoms with E-state index in [0.29, 0.717) is 24.8 Å². The molecule has 0 radical (unpaired) electrons. The Morgan fingerprint density at radius 2 is 1.36 bits per heavy atom. The summed E-state index contributed by atoms with van der Waals surface area (Å²) in [5.74, 6) is -5.20. The third-order valence-corrected chi connectivity index (χ3v) is 8.99. The quantitative estimate of drug-likeness (QED) is 0.177. The first-order chi connectivity index (χ1) is 20.0. The van der Waals surface area contributed by atoms with Crippen molar-refractivity contribution >= 4 is 31.5 Å². The maximum atomic E-state index is 13.3. The summed E-state index contributed by atoms with van der Waals surface area (Å²) in [6.07, 6.45) is -14.4. The number of anilines is 1. The molecule has 3 aromatic rings. The Kier molecular flexibility index (Phi) is 9.84. The minimum absolute atomic E-state index is 0.0975. The summed E-state index contributed by atoms with van der Waals surface area (Å²) in [5, 5.41) is 3.55. The molecule has 19 heteroatoms. The minimum atomic E-state index is -5.35. The Hall–Kier alpha value is -3.61. The van der Waals surface area contributed by atoms with E-state index in [1.54, 1.807) is 6.92 Å².